The zero-order chi connectivity index (χ0) is 16.9. The maximum atomic E-state index is 11.8. The molecule has 0 radical (unpaired) electrons. The zero-order valence-electron chi connectivity index (χ0n) is 13.1. The van der Waals surface area contributed by atoms with E-state index in [-0.39, 0.29) is 24.0 Å². The molecular formula is C15H21Cl2N3O2. The maximum Gasteiger partial charge on any atom is 0.315 e. The molecule has 0 aliphatic heterocycles. The van der Waals surface area contributed by atoms with Gasteiger partial charge in [-0.1, -0.05) is 29.3 Å². The molecule has 0 heterocycles. The summed E-state index contributed by atoms with van der Waals surface area (Å²) in [6.07, 6.45) is 0. The van der Waals surface area contributed by atoms with Gasteiger partial charge in [0.1, 0.15) is 0 Å². The van der Waals surface area contributed by atoms with Gasteiger partial charge in [0.15, 0.2) is 0 Å². The van der Waals surface area contributed by atoms with Gasteiger partial charge in [0, 0.05) is 5.54 Å². The summed E-state index contributed by atoms with van der Waals surface area (Å²) >= 11 is 11.8. The molecule has 0 bridgehead atoms. The van der Waals surface area contributed by atoms with Crippen LogP contribution < -0.4 is 16.0 Å². The average molecular weight is 346 g/mol. The molecule has 0 fully saturated rings. The van der Waals surface area contributed by atoms with Crippen LogP contribution in [-0.4, -0.2) is 24.0 Å². The second-order valence-corrected chi connectivity index (χ2v) is 6.83. The zero-order valence-corrected chi connectivity index (χ0v) is 14.6. The summed E-state index contributed by atoms with van der Waals surface area (Å²) in [4.78, 5) is 23.4. The molecule has 0 saturated heterocycles. The lowest BCUT2D eigenvalue weighted by atomic mass is 10.1. The van der Waals surface area contributed by atoms with Crippen molar-refractivity contribution >= 4 is 35.1 Å². The molecule has 0 aromatic heterocycles. The van der Waals surface area contributed by atoms with Gasteiger partial charge < -0.3 is 16.0 Å². The molecule has 1 unspecified atom stereocenters. The lowest BCUT2D eigenvalue weighted by molar-refractivity contribution is -0.121. The van der Waals surface area contributed by atoms with Crippen LogP contribution in [0, 0.1) is 0 Å². The Kier molecular flexibility index (Phi) is 6.50. The highest BCUT2D eigenvalue weighted by Gasteiger charge is 2.15. The van der Waals surface area contributed by atoms with Gasteiger partial charge in [0.05, 0.1) is 22.6 Å². The molecule has 0 aliphatic carbocycles. The summed E-state index contributed by atoms with van der Waals surface area (Å²) in [5.41, 5.74) is 0.492. The third-order valence-corrected chi connectivity index (χ3v) is 3.45. The summed E-state index contributed by atoms with van der Waals surface area (Å²) in [6.45, 7) is 7.34. The van der Waals surface area contributed by atoms with Crippen molar-refractivity contribution in [3.63, 3.8) is 0 Å². The minimum atomic E-state index is -0.428. The largest absolute Gasteiger partial charge is 0.350 e. The highest BCUT2D eigenvalue weighted by Crippen LogP contribution is 2.25. The van der Waals surface area contributed by atoms with Crippen LogP contribution in [0.5, 0.6) is 0 Å². The summed E-state index contributed by atoms with van der Waals surface area (Å²) in [5, 5.41) is 8.89. The van der Waals surface area contributed by atoms with Gasteiger partial charge in [-0.15, -0.1) is 0 Å². The van der Waals surface area contributed by atoms with Crippen molar-refractivity contribution in [3.05, 3.63) is 33.8 Å². The van der Waals surface area contributed by atoms with Gasteiger partial charge in [0.2, 0.25) is 5.91 Å². The second kappa shape index (κ2) is 7.70. The Hall–Kier alpha value is -1.46. The van der Waals surface area contributed by atoms with Gasteiger partial charge >= 0.3 is 6.03 Å². The fourth-order valence-electron chi connectivity index (χ4n) is 1.74. The Morgan fingerprint density at radius 1 is 1.18 bits per heavy atom. The van der Waals surface area contributed by atoms with Crippen molar-refractivity contribution < 1.29 is 9.59 Å². The van der Waals surface area contributed by atoms with E-state index in [9.17, 15) is 9.59 Å². The van der Waals surface area contributed by atoms with Crippen LogP contribution in [0.3, 0.4) is 0 Å². The Labute approximate surface area is 140 Å². The topological polar surface area (TPSA) is 70.2 Å². The van der Waals surface area contributed by atoms with Crippen molar-refractivity contribution in [2.75, 3.05) is 6.54 Å². The lowest BCUT2D eigenvalue weighted by Gasteiger charge is -2.21. The number of nitrogens with one attached hydrogen (secondary N) is 3. The third-order valence-electron chi connectivity index (χ3n) is 2.72. The van der Waals surface area contributed by atoms with E-state index in [1.54, 1.807) is 18.2 Å². The quantitative estimate of drug-likeness (QED) is 0.783. The monoisotopic (exact) mass is 345 g/mol. The number of urea groups is 1. The summed E-state index contributed by atoms with van der Waals surface area (Å²) in [6, 6.07) is 4.46. The number of rotatable bonds is 4. The predicted molar refractivity (Wildman–Crippen MR) is 89.3 cm³/mol. The van der Waals surface area contributed by atoms with Crippen molar-refractivity contribution in [2.24, 2.45) is 0 Å². The first kappa shape index (κ1) is 18.6. The van der Waals surface area contributed by atoms with Crippen LogP contribution in [0.15, 0.2) is 18.2 Å². The van der Waals surface area contributed by atoms with Crippen LogP contribution in [0.2, 0.25) is 10.0 Å². The van der Waals surface area contributed by atoms with Crippen LogP contribution >= 0.6 is 23.2 Å². The van der Waals surface area contributed by atoms with E-state index < -0.39 is 6.03 Å². The van der Waals surface area contributed by atoms with E-state index in [4.69, 9.17) is 23.2 Å². The molecular weight excluding hydrogens is 325 g/mol. The van der Waals surface area contributed by atoms with Crippen molar-refractivity contribution in [1.82, 2.24) is 16.0 Å². The lowest BCUT2D eigenvalue weighted by Crippen LogP contribution is -2.47. The minimum absolute atomic E-state index is 0.0861. The first-order chi connectivity index (χ1) is 10.1. The smallest absolute Gasteiger partial charge is 0.315 e. The summed E-state index contributed by atoms with van der Waals surface area (Å²) in [5.74, 6) is -0.246. The number of carbonyl (C=O) groups excluding carboxylic acids is 2. The van der Waals surface area contributed by atoms with E-state index >= 15 is 0 Å². The molecule has 22 heavy (non-hydrogen) atoms. The summed E-state index contributed by atoms with van der Waals surface area (Å²) in [7, 11) is 0. The molecule has 7 heteroatoms. The van der Waals surface area contributed by atoms with Gasteiger partial charge in [-0.25, -0.2) is 4.79 Å². The Balaban J connectivity index is 2.47. The molecule has 5 nitrogen and oxygen atoms in total. The number of hydrogen-bond donors (Lipinski definition) is 3. The molecule has 3 amide bonds. The molecule has 0 aliphatic rings. The molecule has 1 aromatic carbocycles. The second-order valence-electron chi connectivity index (χ2n) is 6.02. The van der Waals surface area contributed by atoms with E-state index in [0.717, 1.165) is 5.56 Å². The van der Waals surface area contributed by atoms with Crippen molar-refractivity contribution in [3.8, 4) is 0 Å². The van der Waals surface area contributed by atoms with Gasteiger partial charge in [-0.2, -0.15) is 0 Å². The van der Waals surface area contributed by atoms with E-state index in [2.05, 4.69) is 16.0 Å². The first-order valence-corrected chi connectivity index (χ1v) is 7.64. The molecule has 1 atom stereocenters. The molecule has 3 N–H and O–H groups in total. The molecule has 1 aromatic rings. The van der Waals surface area contributed by atoms with E-state index in [0.29, 0.717) is 10.0 Å². The Morgan fingerprint density at radius 2 is 1.82 bits per heavy atom. The highest BCUT2D eigenvalue weighted by molar-refractivity contribution is 6.42. The highest BCUT2D eigenvalue weighted by atomic mass is 35.5. The van der Waals surface area contributed by atoms with E-state index in [1.807, 2.05) is 27.7 Å². The molecule has 0 saturated carbocycles. The SMILES string of the molecule is CC(NC(=O)NCC(=O)NC(C)(C)C)c1ccc(Cl)c(Cl)c1. The standard InChI is InChI=1S/C15H21Cl2N3O2/c1-9(10-5-6-11(16)12(17)7-10)19-14(22)18-8-13(21)20-15(2,3)4/h5-7,9H,8H2,1-4H3,(H,20,21)(H2,18,19,22). The maximum absolute atomic E-state index is 11.8. The Morgan fingerprint density at radius 3 is 2.36 bits per heavy atom. The van der Waals surface area contributed by atoms with E-state index in [1.165, 1.54) is 0 Å². The number of halogens is 2. The predicted octanol–water partition coefficient (Wildman–Crippen LogP) is 3.27. The number of benzene rings is 1. The Bertz CT molecular complexity index is 556. The van der Waals surface area contributed by atoms with Crippen molar-refractivity contribution in [2.45, 2.75) is 39.3 Å². The van der Waals surface area contributed by atoms with Crippen LogP contribution in [0.25, 0.3) is 0 Å². The fraction of sp³-hybridized carbons (Fsp3) is 0.467. The summed E-state index contributed by atoms with van der Waals surface area (Å²) < 4.78 is 0. The van der Waals surface area contributed by atoms with Gasteiger partial charge in [0.25, 0.3) is 0 Å². The average Bonchev–Trinajstić information content (AvgIpc) is 2.37. The van der Waals surface area contributed by atoms with Crippen LogP contribution in [0.4, 0.5) is 4.79 Å². The van der Waals surface area contributed by atoms with Crippen LogP contribution in [0.1, 0.15) is 39.3 Å². The van der Waals surface area contributed by atoms with Crippen LogP contribution in [-0.2, 0) is 4.79 Å². The normalized spacial score (nSPS) is 12.5. The number of carbonyl (C=O) groups is 2. The fourth-order valence-corrected chi connectivity index (χ4v) is 2.04. The molecule has 122 valence electrons. The number of hydrogen-bond acceptors (Lipinski definition) is 2. The third kappa shape index (κ3) is 6.54. The minimum Gasteiger partial charge on any atom is -0.350 e. The number of amides is 3. The van der Waals surface area contributed by atoms with Gasteiger partial charge in [-0.3, -0.25) is 4.79 Å². The first-order valence-electron chi connectivity index (χ1n) is 6.89. The molecule has 0 spiro atoms. The van der Waals surface area contributed by atoms with Gasteiger partial charge in [-0.05, 0) is 45.4 Å². The molecule has 1 rings (SSSR count). The van der Waals surface area contributed by atoms with Crippen molar-refractivity contribution in [1.29, 1.82) is 0 Å².